The molecule has 0 rings (SSSR count). The summed E-state index contributed by atoms with van der Waals surface area (Å²) in [4.78, 5) is 40.4. The summed E-state index contributed by atoms with van der Waals surface area (Å²) in [5.41, 5.74) is 0. The second kappa shape index (κ2) is 18.8. The maximum Gasteiger partial charge on any atom is 0.138 e. The van der Waals surface area contributed by atoms with Crippen molar-refractivity contribution in [3.05, 3.63) is 0 Å². The summed E-state index contributed by atoms with van der Waals surface area (Å²) >= 11 is 2.44. The molecular weight excluding hydrogens is 344 g/mol. The first-order valence-electron chi connectivity index (χ1n) is 7.32. The van der Waals surface area contributed by atoms with E-state index in [4.69, 9.17) is 0 Å². The molecule has 0 aromatic carbocycles. The maximum absolute atomic E-state index is 10.4. The minimum atomic E-state index is -1.28. The number of ketones is 2. The van der Waals surface area contributed by atoms with E-state index >= 15 is 0 Å². The molecule has 0 saturated carbocycles. The Morgan fingerprint density at radius 1 is 0.870 bits per heavy atom. The van der Waals surface area contributed by atoms with E-state index in [-0.39, 0.29) is 11.6 Å². The molecule has 0 unspecified atom stereocenters. The van der Waals surface area contributed by atoms with Gasteiger partial charge in [-0.15, -0.1) is 0 Å². The van der Waals surface area contributed by atoms with Crippen molar-refractivity contribution in [1.82, 2.24) is 0 Å². The third-order valence-corrected chi connectivity index (χ3v) is 2.53. The van der Waals surface area contributed by atoms with Crippen LogP contribution in [0.3, 0.4) is 0 Å². The Labute approximate surface area is 146 Å². The first-order valence-corrected chi connectivity index (χ1v) is 7.84. The van der Waals surface area contributed by atoms with E-state index in [2.05, 4.69) is 20.4 Å². The number of carbonyl (C=O) groups excluding carboxylic acids is 4. The Balaban J connectivity index is -0.000000273. The Morgan fingerprint density at radius 3 is 1.26 bits per heavy atom. The van der Waals surface area contributed by atoms with Crippen molar-refractivity contribution in [3.8, 4) is 0 Å². The molecule has 7 nitrogen and oxygen atoms in total. The van der Waals surface area contributed by atoms with Crippen molar-refractivity contribution in [2.45, 2.75) is 72.3 Å². The Morgan fingerprint density at radius 2 is 1.13 bits per heavy atom. The van der Waals surface area contributed by atoms with Gasteiger partial charge in [-0.1, -0.05) is 13.8 Å². The zero-order valence-electron chi connectivity index (χ0n) is 14.1. The van der Waals surface area contributed by atoms with Gasteiger partial charge in [-0.3, -0.25) is 9.59 Å². The standard InChI is InChI=1S/2C6H10O3.C3H7O.Cr/c2*1-2-3-5(7)4-6(8)9;1-3(2)4;/h2*2-4H2,1H3,(H,8,9);3H,1-2H3;/q;;-1;+3/p-2. The van der Waals surface area contributed by atoms with Gasteiger partial charge in [0.15, 0.2) is 0 Å². The van der Waals surface area contributed by atoms with Crippen molar-refractivity contribution in [3.63, 3.8) is 0 Å². The fourth-order valence-corrected chi connectivity index (χ4v) is 1.06. The maximum atomic E-state index is 10.4. The Bertz CT molecular complexity index is 324. The smallest absolute Gasteiger partial charge is 0.138 e. The van der Waals surface area contributed by atoms with Crippen LogP contribution in [0.15, 0.2) is 0 Å². The number of rotatable bonds is 9. The van der Waals surface area contributed by atoms with Gasteiger partial charge in [0.25, 0.3) is 0 Å². The van der Waals surface area contributed by atoms with Crippen LogP contribution < -0.4 is 10.2 Å². The van der Waals surface area contributed by atoms with Crippen LogP contribution in [0.1, 0.15) is 66.2 Å². The molecule has 133 valence electrons. The molecule has 0 spiro atoms. The number of hydrogen-bond donors (Lipinski definition) is 0. The van der Waals surface area contributed by atoms with E-state index in [1.54, 1.807) is 0 Å². The summed E-state index contributed by atoms with van der Waals surface area (Å²) in [5, 5.41) is 19.5. The van der Waals surface area contributed by atoms with Gasteiger partial charge in [-0.25, -0.2) is 0 Å². The van der Waals surface area contributed by atoms with Crippen molar-refractivity contribution >= 4 is 23.5 Å². The molecule has 0 heterocycles. The predicted molar refractivity (Wildman–Crippen MR) is 75.3 cm³/mol. The van der Waals surface area contributed by atoms with E-state index in [1.807, 2.05) is 27.7 Å². The molecule has 0 atom stereocenters. The largest absolute Gasteiger partial charge is 0.550 e. The number of carboxylic acid groups (broad SMARTS) is 2. The second-order valence-electron chi connectivity index (χ2n) is 4.82. The monoisotopic (exact) mass is 369 g/mol. The van der Waals surface area contributed by atoms with Crippen molar-refractivity contribution < 1.29 is 49.8 Å². The third kappa shape index (κ3) is 33.5. The summed E-state index contributed by atoms with van der Waals surface area (Å²) < 4.78 is 4.62. The predicted octanol–water partition coefficient (Wildman–Crippen LogP) is -0.136. The fraction of sp³-hybridized carbons (Fsp3) is 0.733. The molecule has 0 radical (unpaired) electrons. The van der Waals surface area contributed by atoms with E-state index < -0.39 is 24.8 Å². The van der Waals surface area contributed by atoms with Crippen molar-refractivity contribution in [2.75, 3.05) is 0 Å². The van der Waals surface area contributed by atoms with Gasteiger partial charge in [-0.2, -0.15) is 0 Å². The molecular formula is C15H25CrO7. The van der Waals surface area contributed by atoms with Gasteiger partial charge in [0.2, 0.25) is 0 Å². The van der Waals surface area contributed by atoms with Crippen LogP contribution in [0.5, 0.6) is 0 Å². The first-order chi connectivity index (χ1) is 10.6. The second-order valence-corrected chi connectivity index (χ2v) is 5.12. The average molecular weight is 369 g/mol. The van der Waals surface area contributed by atoms with Gasteiger partial charge < -0.3 is 19.8 Å². The summed E-state index contributed by atoms with van der Waals surface area (Å²) in [6.45, 7) is 7.59. The molecule has 0 bridgehead atoms. The first kappa shape index (κ1) is 26.7. The van der Waals surface area contributed by atoms with Gasteiger partial charge in [0.1, 0.15) is 11.6 Å². The van der Waals surface area contributed by atoms with Gasteiger partial charge >= 0.3 is 40.4 Å². The van der Waals surface area contributed by atoms with Crippen LogP contribution in [0.2, 0.25) is 0 Å². The van der Waals surface area contributed by atoms with Gasteiger partial charge in [0.05, 0.1) is 0 Å². The third-order valence-electron chi connectivity index (χ3n) is 1.93. The van der Waals surface area contributed by atoms with Crippen molar-refractivity contribution in [2.24, 2.45) is 0 Å². The van der Waals surface area contributed by atoms with Crippen LogP contribution in [-0.4, -0.2) is 29.6 Å². The van der Waals surface area contributed by atoms with Crippen LogP contribution in [0.25, 0.3) is 0 Å². The SMILES string of the molecule is CC(C)[O][Cr+2].CCCC(=O)CC(=O)[O-].CCCC(=O)CC(=O)[O-]. The average Bonchev–Trinajstić information content (AvgIpc) is 2.38. The molecule has 0 aromatic heterocycles. The topological polar surface area (TPSA) is 124 Å². The molecule has 0 aliphatic heterocycles. The van der Waals surface area contributed by atoms with Crippen LogP contribution in [-0.2, 0) is 39.6 Å². The summed E-state index contributed by atoms with van der Waals surface area (Å²) in [5.74, 6) is -3.07. The van der Waals surface area contributed by atoms with Crippen LogP contribution in [0, 0.1) is 0 Å². The Kier molecular flexibility index (Phi) is 21.8. The van der Waals surface area contributed by atoms with Crippen LogP contribution >= 0.6 is 0 Å². The minimum Gasteiger partial charge on any atom is -0.550 e. The molecule has 0 aliphatic rings. The molecule has 0 aliphatic carbocycles. The molecule has 0 aromatic rings. The van der Waals surface area contributed by atoms with E-state index in [9.17, 15) is 29.4 Å². The zero-order chi connectivity index (χ0) is 18.8. The fourth-order valence-electron chi connectivity index (χ4n) is 1.06. The van der Waals surface area contributed by atoms with Gasteiger partial charge in [-0.05, 0) is 12.8 Å². The molecule has 23 heavy (non-hydrogen) atoms. The molecule has 0 amide bonds. The molecule has 0 N–H and O–H groups in total. The summed E-state index contributed by atoms with van der Waals surface area (Å²) in [7, 11) is 0. The number of hydrogen-bond acceptors (Lipinski definition) is 7. The summed E-state index contributed by atoms with van der Waals surface area (Å²) in [6, 6.07) is 0. The molecule has 0 fully saturated rings. The Hall–Kier alpha value is -1.23. The van der Waals surface area contributed by atoms with Crippen LogP contribution in [0.4, 0.5) is 0 Å². The van der Waals surface area contributed by atoms with Crippen molar-refractivity contribution in [1.29, 1.82) is 0 Å². The van der Waals surface area contributed by atoms with E-state index in [1.165, 1.54) is 0 Å². The number of aliphatic carboxylic acids is 2. The number of Topliss-reactive ketones (excluding diaryl/α,β-unsaturated/α-hetero) is 2. The normalized spacial score (nSPS) is 9.04. The number of carboxylic acids is 2. The van der Waals surface area contributed by atoms with E-state index in [0.29, 0.717) is 31.8 Å². The molecule has 0 saturated heterocycles. The molecule has 8 heteroatoms. The number of carbonyl (C=O) groups is 4. The van der Waals surface area contributed by atoms with E-state index in [0.717, 1.165) is 0 Å². The minimum absolute atomic E-state index is 0.252. The summed E-state index contributed by atoms with van der Waals surface area (Å²) in [6.07, 6.45) is 1.54. The quantitative estimate of drug-likeness (QED) is 0.518. The van der Waals surface area contributed by atoms with Gasteiger partial charge in [0, 0.05) is 37.6 Å². The zero-order valence-corrected chi connectivity index (χ0v) is 15.4.